The molecular weight excluding hydrogens is 342 g/mol. The van der Waals surface area contributed by atoms with E-state index in [0.29, 0.717) is 12.8 Å². The molecule has 2 unspecified atom stereocenters. The summed E-state index contributed by atoms with van der Waals surface area (Å²) in [5, 5.41) is 51.9. The number of carboxylic acids is 1. The van der Waals surface area contributed by atoms with Crippen LogP contribution in [0.2, 0.25) is 0 Å². The van der Waals surface area contributed by atoms with Gasteiger partial charge in [0.1, 0.15) is 6.10 Å². The number of hydrogen-bond acceptors (Lipinski definition) is 6. The highest BCUT2D eigenvalue weighted by Gasteiger charge is 2.64. The minimum atomic E-state index is -3.55. The summed E-state index contributed by atoms with van der Waals surface area (Å²) in [5.74, 6) is -7.08. The third kappa shape index (κ3) is 6.83. The lowest BCUT2D eigenvalue weighted by molar-refractivity contribution is -0.301. The van der Waals surface area contributed by atoms with Crippen LogP contribution in [0.4, 0.5) is 0 Å². The van der Waals surface area contributed by atoms with Crippen LogP contribution in [0.25, 0.3) is 0 Å². The fraction of sp³-hybridized carbons (Fsp3) is 0.889. The van der Waals surface area contributed by atoms with Gasteiger partial charge in [0.15, 0.2) is 0 Å². The molecule has 0 rings (SSSR count). The van der Waals surface area contributed by atoms with E-state index in [0.717, 1.165) is 44.9 Å². The normalized spacial score (nSPS) is 15.3. The average Bonchev–Trinajstić information content (AvgIpc) is 2.59. The molecule has 0 radical (unpaired) electrons. The van der Waals surface area contributed by atoms with E-state index in [1.54, 1.807) is 0 Å². The summed E-state index contributed by atoms with van der Waals surface area (Å²) in [6.07, 6.45) is 5.23. The number of unbranched alkanes of at least 4 members (excludes halogenated alkanes) is 7. The highest BCUT2D eigenvalue weighted by atomic mass is 16.6. The molecule has 154 valence electrons. The van der Waals surface area contributed by atoms with Gasteiger partial charge in [-0.3, -0.25) is 4.79 Å². The zero-order valence-electron chi connectivity index (χ0n) is 15.9. The van der Waals surface area contributed by atoms with Crippen LogP contribution in [0, 0.1) is 0 Å². The Hall–Kier alpha value is -1.22. The van der Waals surface area contributed by atoms with E-state index in [2.05, 4.69) is 5.32 Å². The molecule has 1 amide bonds. The molecule has 0 aliphatic carbocycles. The molecule has 0 fully saturated rings. The standard InChI is InChI=1S/C18H35NO7/c1-3-5-7-9-10-12-14(20)18(25,26)17(24,16(22)23)15(21)19-13-11-8-6-4-2/h14,20,24-26H,3-13H2,1-2H3,(H,19,21)(H,22,23). The van der Waals surface area contributed by atoms with Crippen molar-refractivity contribution in [3.63, 3.8) is 0 Å². The van der Waals surface area contributed by atoms with Crippen molar-refractivity contribution in [2.75, 3.05) is 6.54 Å². The van der Waals surface area contributed by atoms with Gasteiger partial charge in [-0.15, -0.1) is 0 Å². The summed E-state index contributed by atoms with van der Waals surface area (Å²) in [6, 6.07) is 0. The second-order valence-electron chi connectivity index (χ2n) is 6.78. The van der Waals surface area contributed by atoms with Gasteiger partial charge in [0.2, 0.25) is 5.79 Å². The lowest BCUT2D eigenvalue weighted by Crippen LogP contribution is -2.71. The summed E-state index contributed by atoms with van der Waals surface area (Å²) >= 11 is 0. The Balaban J connectivity index is 4.87. The highest BCUT2D eigenvalue weighted by molar-refractivity contribution is 6.06. The summed E-state index contributed by atoms with van der Waals surface area (Å²) in [5.41, 5.74) is -3.55. The second-order valence-corrected chi connectivity index (χ2v) is 6.78. The molecular formula is C18H35NO7. The molecule has 0 aromatic heterocycles. The number of carboxylic acid groups (broad SMARTS) is 1. The lowest BCUT2D eigenvalue weighted by Gasteiger charge is -2.37. The van der Waals surface area contributed by atoms with Gasteiger partial charge in [-0.25, -0.2) is 4.79 Å². The van der Waals surface area contributed by atoms with Crippen LogP contribution in [-0.2, 0) is 9.59 Å². The third-order valence-electron chi connectivity index (χ3n) is 4.53. The fourth-order valence-electron chi connectivity index (χ4n) is 2.69. The number of carbonyl (C=O) groups is 2. The van der Waals surface area contributed by atoms with Crippen LogP contribution in [0.15, 0.2) is 0 Å². The summed E-state index contributed by atoms with van der Waals surface area (Å²) in [7, 11) is 0. The predicted octanol–water partition coefficient (Wildman–Crippen LogP) is 0.901. The molecule has 0 aliphatic rings. The molecule has 0 spiro atoms. The number of carbonyl (C=O) groups excluding carboxylic acids is 1. The average molecular weight is 377 g/mol. The Morgan fingerprint density at radius 3 is 1.88 bits per heavy atom. The van der Waals surface area contributed by atoms with Crippen molar-refractivity contribution in [2.24, 2.45) is 0 Å². The monoisotopic (exact) mass is 377 g/mol. The molecule has 26 heavy (non-hydrogen) atoms. The molecule has 0 heterocycles. The fourth-order valence-corrected chi connectivity index (χ4v) is 2.69. The summed E-state index contributed by atoms with van der Waals surface area (Å²) < 4.78 is 0. The quantitative estimate of drug-likeness (QED) is 0.141. The number of hydrogen-bond donors (Lipinski definition) is 6. The van der Waals surface area contributed by atoms with Crippen LogP contribution >= 0.6 is 0 Å². The maximum absolute atomic E-state index is 12.1. The topological polar surface area (TPSA) is 147 Å². The Bertz CT molecular complexity index is 428. The summed E-state index contributed by atoms with van der Waals surface area (Å²) in [6.45, 7) is 4.14. The van der Waals surface area contributed by atoms with Crippen molar-refractivity contribution in [3.8, 4) is 0 Å². The summed E-state index contributed by atoms with van der Waals surface area (Å²) in [4.78, 5) is 23.6. The van der Waals surface area contributed by atoms with Gasteiger partial charge in [0, 0.05) is 6.54 Å². The molecule has 6 N–H and O–H groups in total. The Morgan fingerprint density at radius 1 is 0.885 bits per heavy atom. The van der Waals surface area contributed by atoms with E-state index < -0.39 is 29.4 Å². The number of nitrogens with one attached hydrogen (secondary N) is 1. The van der Waals surface area contributed by atoms with Crippen LogP contribution in [0.3, 0.4) is 0 Å². The molecule has 0 bridgehead atoms. The zero-order valence-corrected chi connectivity index (χ0v) is 15.9. The molecule has 0 aromatic rings. The van der Waals surface area contributed by atoms with Crippen molar-refractivity contribution in [3.05, 3.63) is 0 Å². The Kier molecular flexibility index (Phi) is 11.6. The number of aliphatic hydroxyl groups excluding tert-OH is 1. The predicted molar refractivity (Wildman–Crippen MR) is 96.3 cm³/mol. The van der Waals surface area contributed by atoms with Gasteiger partial charge in [-0.05, 0) is 12.8 Å². The van der Waals surface area contributed by atoms with E-state index >= 15 is 0 Å². The molecule has 0 aliphatic heterocycles. The van der Waals surface area contributed by atoms with E-state index in [-0.39, 0.29) is 13.0 Å². The highest BCUT2D eigenvalue weighted by Crippen LogP contribution is 2.28. The molecule has 8 nitrogen and oxygen atoms in total. The van der Waals surface area contributed by atoms with Crippen molar-refractivity contribution in [2.45, 2.75) is 95.5 Å². The van der Waals surface area contributed by atoms with Crippen LogP contribution in [-0.4, -0.2) is 61.4 Å². The van der Waals surface area contributed by atoms with Gasteiger partial charge < -0.3 is 30.8 Å². The molecule has 0 saturated heterocycles. The van der Waals surface area contributed by atoms with Gasteiger partial charge in [-0.1, -0.05) is 65.2 Å². The van der Waals surface area contributed by atoms with Gasteiger partial charge in [0.05, 0.1) is 0 Å². The molecule has 0 saturated carbocycles. The van der Waals surface area contributed by atoms with Crippen LogP contribution in [0.5, 0.6) is 0 Å². The number of aliphatic hydroxyl groups is 4. The second kappa shape index (κ2) is 12.2. The van der Waals surface area contributed by atoms with E-state index in [4.69, 9.17) is 0 Å². The zero-order chi connectivity index (χ0) is 20.2. The smallest absolute Gasteiger partial charge is 0.351 e. The van der Waals surface area contributed by atoms with Crippen molar-refractivity contribution in [1.29, 1.82) is 0 Å². The van der Waals surface area contributed by atoms with E-state index in [1.165, 1.54) is 0 Å². The minimum Gasteiger partial charge on any atom is -0.479 e. The molecule has 8 heteroatoms. The van der Waals surface area contributed by atoms with Crippen molar-refractivity contribution < 1.29 is 35.1 Å². The first-order valence-electron chi connectivity index (χ1n) is 9.53. The lowest BCUT2D eigenvalue weighted by atomic mass is 9.85. The van der Waals surface area contributed by atoms with Crippen LogP contribution in [0.1, 0.15) is 78.1 Å². The number of amides is 1. The molecule has 0 aromatic carbocycles. The Labute approximate surface area is 155 Å². The van der Waals surface area contributed by atoms with E-state index in [1.807, 2.05) is 13.8 Å². The number of rotatable bonds is 15. The maximum Gasteiger partial charge on any atom is 0.351 e. The van der Waals surface area contributed by atoms with Gasteiger partial charge in [0.25, 0.3) is 11.5 Å². The number of aliphatic carboxylic acids is 1. The minimum absolute atomic E-state index is 0.0949. The first-order valence-corrected chi connectivity index (χ1v) is 9.53. The van der Waals surface area contributed by atoms with Crippen molar-refractivity contribution >= 4 is 11.9 Å². The third-order valence-corrected chi connectivity index (χ3v) is 4.53. The SMILES string of the molecule is CCCCCCCC(O)C(O)(O)C(O)(C(=O)O)C(=O)NCCCCCC. The van der Waals surface area contributed by atoms with E-state index in [9.17, 15) is 35.1 Å². The Morgan fingerprint density at radius 2 is 1.38 bits per heavy atom. The van der Waals surface area contributed by atoms with Crippen molar-refractivity contribution in [1.82, 2.24) is 5.32 Å². The molecule has 2 atom stereocenters. The first-order chi connectivity index (χ1) is 12.2. The van der Waals surface area contributed by atoms with Gasteiger partial charge in [-0.2, -0.15) is 0 Å². The van der Waals surface area contributed by atoms with Crippen LogP contribution < -0.4 is 5.32 Å². The first kappa shape index (κ1) is 24.8. The van der Waals surface area contributed by atoms with Gasteiger partial charge >= 0.3 is 5.97 Å². The maximum atomic E-state index is 12.1. The largest absolute Gasteiger partial charge is 0.479 e.